The van der Waals surface area contributed by atoms with Crippen LogP contribution in [0.3, 0.4) is 0 Å². The van der Waals surface area contributed by atoms with Crippen LogP contribution in [-0.2, 0) is 9.53 Å². The largest absolute Gasteiger partial charge is 0.468 e. The third-order valence-corrected chi connectivity index (χ3v) is 4.74. The molecule has 1 rings (SSSR count). The minimum atomic E-state index is -0.511. The Hall–Kier alpha value is -0.610. The quantitative estimate of drug-likeness (QED) is 0.734. The van der Waals surface area contributed by atoms with Gasteiger partial charge in [-0.2, -0.15) is 0 Å². The second-order valence-corrected chi connectivity index (χ2v) is 7.38. The Kier molecular flexibility index (Phi) is 6.67. The lowest BCUT2D eigenvalue weighted by Gasteiger charge is -2.46. The zero-order valence-electron chi connectivity index (χ0n) is 14.8. The van der Waals surface area contributed by atoms with Gasteiger partial charge < -0.3 is 15.0 Å². The average Bonchev–Trinajstić information content (AvgIpc) is 2.40. The molecule has 2 unspecified atom stereocenters. The maximum Gasteiger partial charge on any atom is 0.326 e. The van der Waals surface area contributed by atoms with Gasteiger partial charge >= 0.3 is 5.97 Å². The standard InChI is InChI=1S/C17H34N2O2/c1-7-19(8-2)10-9-18-17(15(20)21-6)12-14(3)11-16(4,5)13-17/h14,18H,7-13H2,1-6H3. The number of likely N-dealkylation sites (N-methyl/N-ethyl adjacent to an activating group) is 1. The molecule has 1 aliphatic carbocycles. The van der Waals surface area contributed by atoms with Gasteiger partial charge in [0.1, 0.15) is 5.54 Å². The van der Waals surface area contributed by atoms with E-state index in [2.05, 4.69) is 44.8 Å². The molecule has 0 spiro atoms. The molecule has 0 aromatic carbocycles. The summed E-state index contributed by atoms with van der Waals surface area (Å²) in [5, 5.41) is 3.55. The molecule has 0 aliphatic heterocycles. The predicted octanol–water partition coefficient (Wildman–Crippen LogP) is 2.68. The fourth-order valence-corrected chi connectivity index (χ4v) is 4.12. The average molecular weight is 298 g/mol. The molecule has 1 saturated carbocycles. The second kappa shape index (κ2) is 7.59. The number of carbonyl (C=O) groups is 1. The molecule has 0 radical (unpaired) electrons. The van der Waals surface area contributed by atoms with Crippen molar-refractivity contribution < 1.29 is 9.53 Å². The fraction of sp³-hybridized carbons (Fsp3) is 0.941. The lowest BCUT2D eigenvalue weighted by atomic mass is 9.64. The van der Waals surface area contributed by atoms with Gasteiger partial charge in [0, 0.05) is 13.1 Å². The maximum atomic E-state index is 12.4. The van der Waals surface area contributed by atoms with Gasteiger partial charge in [0.15, 0.2) is 0 Å². The van der Waals surface area contributed by atoms with E-state index in [1.54, 1.807) is 0 Å². The zero-order valence-corrected chi connectivity index (χ0v) is 14.8. The molecule has 4 nitrogen and oxygen atoms in total. The highest BCUT2D eigenvalue weighted by molar-refractivity contribution is 5.81. The number of methoxy groups -OCH3 is 1. The molecule has 0 amide bonds. The topological polar surface area (TPSA) is 41.6 Å². The summed E-state index contributed by atoms with van der Waals surface area (Å²) in [6.45, 7) is 15.0. The first kappa shape index (κ1) is 18.4. The molecule has 21 heavy (non-hydrogen) atoms. The number of nitrogens with zero attached hydrogens (tertiary/aromatic N) is 1. The molecule has 0 aromatic rings. The van der Waals surface area contributed by atoms with Crippen molar-refractivity contribution in [3.63, 3.8) is 0 Å². The van der Waals surface area contributed by atoms with Crippen LogP contribution in [0, 0.1) is 11.3 Å². The van der Waals surface area contributed by atoms with Crippen LogP contribution >= 0.6 is 0 Å². The molecule has 0 aromatic heterocycles. The Morgan fingerprint density at radius 2 is 1.90 bits per heavy atom. The SMILES string of the molecule is CCN(CC)CCNC1(C(=O)OC)CC(C)CC(C)(C)C1. The first-order valence-corrected chi connectivity index (χ1v) is 8.34. The molecule has 1 N–H and O–H groups in total. The normalized spacial score (nSPS) is 28.6. The number of esters is 1. The molecule has 0 bridgehead atoms. The van der Waals surface area contributed by atoms with Crippen molar-refractivity contribution in [3.8, 4) is 0 Å². The van der Waals surface area contributed by atoms with Crippen LogP contribution in [0.4, 0.5) is 0 Å². The van der Waals surface area contributed by atoms with Crippen molar-refractivity contribution in [1.82, 2.24) is 10.2 Å². The van der Waals surface area contributed by atoms with Crippen molar-refractivity contribution in [1.29, 1.82) is 0 Å². The summed E-state index contributed by atoms with van der Waals surface area (Å²) in [4.78, 5) is 14.8. The van der Waals surface area contributed by atoms with E-state index in [-0.39, 0.29) is 11.4 Å². The number of nitrogens with one attached hydrogen (secondary N) is 1. The monoisotopic (exact) mass is 298 g/mol. The van der Waals surface area contributed by atoms with Crippen LogP contribution in [0.5, 0.6) is 0 Å². The molecule has 0 saturated heterocycles. The van der Waals surface area contributed by atoms with Gasteiger partial charge in [-0.05, 0) is 43.7 Å². The van der Waals surface area contributed by atoms with Crippen molar-refractivity contribution in [2.45, 2.75) is 59.4 Å². The van der Waals surface area contributed by atoms with E-state index in [4.69, 9.17) is 4.74 Å². The number of hydrogen-bond acceptors (Lipinski definition) is 4. The van der Waals surface area contributed by atoms with E-state index >= 15 is 0 Å². The van der Waals surface area contributed by atoms with E-state index in [9.17, 15) is 4.79 Å². The zero-order chi connectivity index (χ0) is 16.1. The van der Waals surface area contributed by atoms with E-state index in [1.165, 1.54) is 13.5 Å². The molecule has 4 heteroatoms. The summed E-state index contributed by atoms with van der Waals surface area (Å²) in [7, 11) is 1.50. The molecular weight excluding hydrogens is 264 g/mol. The lowest BCUT2D eigenvalue weighted by Crippen LogP contribution is -2.59. The van der Waals surface area contributed by atoms with Gasteiger partial charge in [0.05, 0.1) is 7.11 Å². The summed E-state index contributed by atoms with van der Waals surface area (Å²) in [6.07, 6.45) is 2.90. The van der Waals surface area contributed by atoms with Gasteiger partial charge in [0.25, 0.3) is 0 Å². The summed E-state index contributed by atoms with van der Waals surface area (Å²) in [5.74, 6) is 0.440. The Balaban J connectivity index is 2.77. The third kappa shape index (κ3) is 4.96. The van der Waals surface area contributed by atoms with Crippen molar-refractivity contribution in [2.24, 2.45) is 11.3 Å². The first-order chi connectivity index (χ1) is 9.78. The van der Waals surface area contributed by atoms with Crippen LogP contribution in [-0.4, -0.2) is 49.7 Å². The Labute approximate surface area is 130 Å². The molecule has 1 aliphatic rings. The van der Waals surface area contributed by atoms with Crippen LogP contribution < -0.4 is 5.32 Å². The summed E-state index contributed by atoms with van der Waals surface area (Å²) < 4.78 is 5.13. The summed E-state index contributed by atoms with van der Waals surface area (Å²) in [6, 6.07) is 0. The molecular formula is C17H34N2O2. The van der Waals surface area contributed by atoms with E-state index in [1.807, 2.05) is 0 Å². The number of carbonyl (C=O) groups excluding carboxylic acids is 1. The minimum absolute atomic E-state index is 0.0957. The highest BCUT2D eigenvalue weighted by atomic mass is 16.5. The fourth-order valence-electron chi connectivity index (χ4n) is 4.12. The molecule has 2 atom stereocenters. The van der Waals surface area contributed by atoms with Gasteiger partial charge in [0.2, 0.25) is 0 Å². The Bertz CT molecular complexity index is 340. The first-order valence-electron chi connectivity index (χ1n) is 8.34. The minimum Gasteiger partial charge on any atom is -0.468 e. The third-order valence-electron chi connectivity index (χ3n) is 4.74. The van der Waals surface area contributed by atoms with Gasteiger partial charge in [-0.1, -0.05) is 34.6 Å². The molecule has 0 heterocycles. The molecule has 1 fully saturated rings. The second-order valence-electron chi connectivity index (χ2n) is 7.38. The maximum absolute atomic E-state index is 12.4. The van der Waals surface area contributed by atoms with E-state index in [0.29, 0.717) is 5.92 Å². The van der Waals surface area contributed by atoms with Crippen LogP contribution in [0.2, 0.25) is 0 Å². The van der Waals surface area contributed by atoms with E-state index in [0.717, 1.165) is 39.0 Å². The van der Waals surface area contributed by atoms with Crippen LogP contribution in [0.1, 0.15) is 53.9 Å². The van der Waals surface area contributed by atoms with E-state index < -0.39 is 5.54 Å². The number of ether oxygens (including phenoxy) is 1. The van der Waals surface area contributed by atoms with Crippen LogP contribution in [0.15, 0.2) is 0 Å². The Morgan fingerprint density at radius 3 is 2.38 bits per heavy atom. The highest BCUT2D eigenvalue weighted by Gasteiger charge is 2.48. The van der Waals surface area contributed by atoms with Crippen molar-refractivity contribution in [2.75, 3.05) is 33.3 Å². The number of hydrogen-bond donors (Lipinski definition) is 1. The van der Waals surface area contributed by atoms with Gasteiger partial charge in [-0.25, -0.2) is 0 Å². The van der Waals surface area contributed by atoms with Crippen molar-refractivity contribution in [3.05, 3.63) is 0 Å². The number of rotatable bonds is 7. The van der Waals surface area contributed by atoms with Gasteiger partial charge in [-0.15, -0.1) is 0 Å². The molecule has 124 valence electrons. The van der Waals surface area contributed by atoms with Crippen molar-refractivity contribution >= 4 is 5.97 Å². The smallest absolute Gasteiger partial charge is 0.326 e. The van der Waals surface area contributed by atoms with Crippen LogP contribution in [0.25, 0.3) is 0 Å². The predicted molar refractivity (Wildman–Crippen MR) is 87.3 cm³/mol. The van der Waals surface area contributed by atoms with Gasteiger partial charge in [-0.3, -0.25) is 4.79 Å². The highest BCUT2D eigenvalue weighted by Crippen LogP contribution is 2.44. The summed E-state index contributed by atoms with van der Waals surface area (Å²) in [5.41, 5.74) is -0.336. The lowest BCUT2D eigenvalue weighted by molar-refractivity contribution is -0.153. The Morgan fingerprint density at radius 1 is 1.29 bits per heavy atom. The summed E-state index contributed by atoms with van der Waals surface area (Å²) >= 11 is 0.